The number of benzene rings is 1. The van der Waals surface area contributed by atoms with E-state index in [0.717, 1.165) is 62.8 Å². The van der Waals surface area contributed by atoms with Gasteiger partial charge in [0, 0.05) is 76.0 Å². The van der Waals surface area contributed by atoms with E-state index in [-0.39, 0.29) is 0 Å². The van der Waals surface area contributed by atoms with Crippen LogP contribution >= 0.6 is 0 Å². The highest BCUT2D eigenvalue weighted by atomic mass is 16.5. The second kappa shape index (κ2) is 10.3. The minimum atomic E-state index is 0.574. The first-order valence-electron chi connectivity index (χ1n) is 10.8. The number of rotatable bonds is 7. The molecular formula is C24H29N5O2. The second-order valence-corrected chi connectivity index (χ2v) is 7.63. The van der Waals surface area contributed by atoms with Crippen LogP contribution in [0.5, 0.6) is 0 Å². The van der Waals surface area contributed by atoms with Crippen LogP contribution in [0.15, 0.2) is 47.2 Å². The summed E-state index contributed by atoms with van der Waals surface area (Å²) in [5.41, 5.74) is 3.05. The van der Waals surface area contributed by atoms with Crippen LogP contribution in [-0.2, 0) is 17.7 Å². The molecule has 1 saturated heterocycles. The number of hydrogen-bond acceptors (Lipinski definition) is 6. The molecule has 0 unspecified atom stereocenters. The van der Waals surface area contributed by atoms with E-state index in [4.69, 9.17) is 9.26 Å². The maximum absolute atomic E-state index is 5.39. The SMILES string of the molecule is CCc1nccn1Cc1cc(C#Cc2ccc(N3CCN(CCOC)CC3)cc2)on1. The molecule has 162 valence electrons. The van der Waals surface area contributed by atoms with Gasteiger partial charge in [0.25, 0.3) is 0 Å². The summed E-state index contributed by atoms with van der Waals surface area (Å²) in [5, 5.41) is 4.13. The summed E-state index contributed by atoms with van der Waals surface area (Å²) in [6.45, 7) is 8.73. The lowest BCUT2D eigenvalue weighted by molar-refractivity contribution is 0.144. The van der Waals surface area contributed by atoms with E-state index in [9.17, 15) is 0 Å². The Labute approximate surface area is 183 Å². The predicted octanol–water partition coefficient (Wildman–Crippen LogP) is 2.65. The highest BCUT2D eigenvalue weighted by Gasteiger charge is 2.16. The molecule has 4 rings (SSSR count). The zero-order valence-electron chi connectivity index (χ0n) is 18.3. The van der Waals surface area contributed by atoms with Crippen molar-refractivity contribution in [1.29, 1.82) is 0 Å². The van der Waals surface area contributed by atoms with Crippen LogP contribution in [0.4, 0.5) is 5.69 Å². The molecule has 0 atom stereocenters. The van der Waals surface area contributed by atoms with Crippen molar-refractivity contribution in [2.45, 2.75) is 19.9 Å². The first-order valence-corrected chi connectivity index (χ1v) is 10.8. The highest BCUT2D eigenvalue weighted by Crippen LogP contribution is 2.17. The van der Waals surface area contributed by atoms with Crippen molar-refractivity contribution in [2.24, 2.45) is 0 Å². The average Bonchev–Trinajstić information content (AvgIpc) is 3.46. The number of ether oxygens (including phenoxy) is 1. The topological polar surface area (TPSA) is 59.6 Å². The van der Waals surface area contributed by atoms with Crippen molar-refractivity contribution in [3.63, 3.8) is 0 Å². The van der Waals surface area contributed by atoms with Crippen LogP contribution in [0.3, 0.4) is 0 Å². The van der Waals surface area contributed by atoms with Gasteiger partial charge in [0.2, 0.25) is 5.76 Å². The van der Waals surface area contributed by atoms with Gasteiger partial charge < -0.3 is 18.7 Å². The Kier molecular flexibility index (Phi) is 7.03. The number of piperazine rings is 1. The maximum Gasteiger partial charge on any atom is 0.210 e. The van der Waals surface area contributed by atoms with Gasteiger partial charge >= 0.3 is 0 Å². The highest BCUT2D eigenvalue weighted by molar-refractivity contribution is 5.51. The number of aromatic nitrogens is 3. The monoisotopic (exact) mass is 419 g/mol. The molecule has 0 amide bonds. The van der Waals surface area contributed by atoms with Gasteiger partial charge in [-0.15, -0.1) is 0 Å². The quantitative estimate of drug-likeness (QED) is 0.549. The van der Waals surface area contributed by atoms with Gasteiger partial charge in [0.1, 0.15) is 11.5 Å². The lowest BCUT2D eigenvalue weighted by Crippen LogP contribution is -2.47. The summed E-state index contributed by atoms with van der Waals surface area (Å²) in [7, 11) is 1.76. The van der Waals surface area contributed by atoms with Gasteiger partial charge in [-0.2, -0.15) is 0 Å². The van der Waals surface area contributed by atoms with Gasteiger partial charge in [-0.25, -0.2) is 4.98 Å². The molecule has 7 heteroatoms. The average molecular weight is 420 g/mol. The summed E-state index contributed by atoms with van der Waals surface area (Å²) in [4.78, 5) is 9.20. The summed E-state index contributed by atoms with van der Waals surface area (Å²) in [6, 6.07) is 10.3. The van der Waals surface area contributed by atoms with Crippen LogP contribution in [0.25, 0.3) is 0 Å². The number of anilines is 1. The molecule has 3 aromatic rings. The standard InChI is InChI=1S/C24H29N5O2/c1-3-24-25-10-11-29(24)19-21-18-23(31-26-21)9-6-20-4-7-22(8-5-20)28-14-12-27(13-15-28)16-17-30-2/h4-5,7-8,10-11,18H,3,12-17,19H2,1-2H3. The molecule has 0 saturated carbocycles. The number of hydrogen-bond donors (Lipinski definition) is 0. The van der Waals surface area contributed by atoms with Crippen LogP contribution in [0, 0.1) is 11.8 Å². The molecule has 1 aromatic carbocycles. The van der Waals surface area contributed by atoms with Crippen molar-refractivity contribution < 1.29 is 9.26 Å². The first kappa shape index (κ1) is 21.2. The number of nitrogens with zero attached hydrogens (tertiary/aromatic N) is 5. The molecule has 0 spiro atoms. The molecule has 3 heterocycles. The summed E-state index contributed by atoms with van der Waals surface area (Å²) in [6.07, 6.45) is 4.65. The molecule has 1 fully saturated rings. The molecule has 0 N–H and O–H groups in total. The molecule has 0 bridgehead atoms. The van der Waals surface area contributed by atoms with E-state index in [2.05, 4.69) is 67.5 Å². The smallest absolute Gasteiger partial charge is 0.210 e. The number of methoxy groups -OCH3 is 1. The molecule has 0 aliphatic carbocycles. The third-order valence-electron chi connectivity index (χ3n) is 5.56. The largest absolute Gasteiger partial charge is 0.383 e. The Morgan fingerprint density at radius 3 is 2.65 bits per heavy atom. The lowest BCUT2D eigenvalue weighted by Gasteiger charge is -2.36. The van der Waals surface area contributed by atoms with Gasteiger partial charge in [-0.05, 0) is 30.2 Å². The Hall–Kier alpha value is -3.08. The molecule has 31 heavy (non-hydrogen) atoms. The minimum Gasteiger partial charge on any atom is -0.383 e. The van der Waals surface area contributed by atoms with E-state index >= 15 is 0 Å². The molecule has 2 aromatic heterocycles. The summed E-state index contributed by atoms with van der Waals surface area (Å²) >= 11 is 0. The second-order valence-electron chi connectivity index (χ2n) is 7.63. The lowest BCUT2D eigenvalue weighted by atomic mass is 10.1. The van der Waals surface area contributed by atoms with Crippen LogP contribution < -0.4 is 4.90 Å². The van der Waals surface area contributed by atoms with Crippen molar-refractivity contribution >= 4 is 5.69 Å². The van der Waals surface area contributed by atoms with Gasteiger partial charge in [-0.1, -0.05) is 18.0 Å². The number of imidazole rings is 1. The van der Waals surface area contributed by atoms with Crippen molar-refractivity contribution in [3.05, 3.63) is 65.6 Å². The minimum absolute atomic E-state index is 0.574. The number of aryl methyl sites for hydroxylation is 1. The van der Waals surface area contributed by atoms with E-state index in [1.807, 2.05) is 18.5 Å². The Balaban J connectivity index is 1.33. The third-order valence-corrected chi connectivity index (χ3v) is 5.56. The maximum atomic E-state index is 5.39. The molecule has 7 nitrogen and oxygen atoms in total. The van der Waals surface area contributed by atoms with Crippen LogP contribution in [0.2, 0.25) is 0 Å². The summed E-state index contributed by atoms with van der Waals surface area (Å²) < 4.78 is 12.6. The fraction of sp³-hybridized carbons (Fsp3) is 0.417. The van der Waals surface area contributed by atoms with Gasteiger partial charge in [0.15, 0.2) is 0 Å². The van der Waals surface area contributed by atoms with E-state index in [1.54, 1.807) is 7.11 Å². The van der Waals surface area contributed by atoms with Gasteiger partial charge in [-0.3, -0.25) is 4.90 Å². The van der Waals surface area contributed by atoms with Crippen LogP contribution in [0.1, 0.15) is 29.8 Å². The zero-order valence-corrected chi connectivity index (χ0v) is 18.3. The Morgan fingerprint density at radius 1 is 1.10 bits per heavy atom. The van der Waals surface area contributed by atoms with Crippen molar-refractivity contribution in [2.75, 3.05) is 51.3 Å². The molecular weight excluding hydrogens is 390 g/mol. The fourth-order valence-corrected chi connectivity index (χ4v) is 3.76. The summed E-state index contributed by atoms with van der Waals surface area (Å²) in [5.74, 6) is 7.86. The predicted molar refractivity (Wildman–Crippen MR) is 120 cm³/mol. The van der Waals surface area contributed by atoms with Gasteiger partial charge in [0.05, 0.1) is 13.2 Å². The Morgan fingerprint density at radius 2 is 1.90 bits per heavy atom. The zero-order chi connectivity index (χ0) is 21.5. The molecule has 1 aliphatic rings. The third kappa shape index (κ3) is 5.54. The van der Waals surface area contributed by atoms with E-state index < -0.39 is 0 Å². The van der Waals surface area contributed by atoms with Crippen LogP contribution in [-0.4, -0.2) is 66.0 Å². The normalized spacial score (nSPS) is 14.5. The molecule has 1 aliphatic heterocycles. The molecule has 0 radical (unpaired) electrons. The van der Waals surface area contributed by atoms with Crippen molar-refractivity contribution in [3.8, 4) is 11.8 Å². The van der Waals surface area contributed by atoms with E-state index in [0.29, 0.717) is 12.3 Å². The first-order chi connectivity index (χ1) is 15.2. The van der Waals surface area contributed by atoms with E-state index in [1.165, 1.54) is 5.69 Å². The van der Waals surface area contributed by atoms with Crippen molar-refractivity contribution in [1.82, 2.24) is 19.6 Å². The Bertz CT molecular complexity index is 1020. The fourth-order valence-electron chi connectivity index (χ4n) is 3.76.